The van der Waals surface area contributed by atoms with E-state index in [9.17, 15) is 4.79 Å². The Kier molecular flexibility index (Phi) is 5.33. The third-order valence-corrected chi connectivity index (χ3v) is 4.16. The Bertz CT molecular complexity index is 661. The molecule has 0 saturated carbocycles. The van der Waals surface area contributed by atoms with Gasteiger partial charge in [0.15, 0.2) is 0 Å². The van der Waals surface area contributed by atoms with Crippen molar-refractivity contribution in [2.45, 2.75) is 19.9 Å². The zero-order chi connectivity index (χ0) is 15.6. The van der Waals surface area contributed by atoms with Crippen molar-refractivity contribution < 1.29 is 4.79 Å². The van der Waals surface area contributed by atoms with Crippen LogP contribution in [0.25, 0.3) is 11.4 Å². The number of nitrogens with zero attached hydrogens (tertiary/aromatic N) is 5. The molecule has 0 radical (unpaired) electrons. The fourth-order valence-electron chi connectivity index (χ4n) is 2.64. The molecule has 3 rings (SSSR count). The number of hydrogen-bond donors (Lipinski definition) is 1. The monoisotopic (exact) mass is 336 g/mol. The molecule has 1 aromatic heterocycles. The van der Waals surface area contributed by atoms with E-state index in [0.29, 0.717) is 18.9 Å². The summed E-state index contributed by atoms with van der Waals surface area (Å²) in [4.78, 5) is 15.5. The highest BCUT2D eigenvalue weighted by Gasteiger charge is 2.34. The predicted molar refractivity (Wildman–Crippen MR) is 88.9 cm³/mol. The minimum atomic E-state index is 0. The van der Waals surface area contributed by atoms with Gasteiger partial charge in [-0.3, -0.25) is 4.79 Å². The third kappa shape index (κ3) is 3.86. The normalized spacial score (nSPS) is 20.3. The van der Waals surface area contributed by atoms with Crippen molar-refractivity contribution in [2.75, 3.05) is 19.6 Å². The minimum Gasteiger partial charge on any atom is -0.340 e. The quantitative estimate of drug-likeness (QED) is 0.898. The Labute approximate surface area is 141 Å². The van der Waals surface area contributed by atoms with E-state index in [2.05, 4.69) is 22.3 Å². The molecule has 23 heavy (non-hydrogen) atoms. The van der Waals surface area contributed by atoms with Crippen LogP contribution < -0.4 is 5.73 Å². The van der Waals surface area contributed by atoms with Gasteiger partial charge >= 0.3 is 0 Å². The Morgan fingerprint density at radius 1 is 1.35 bits per heavy atom. The molecule has 2 N–H and O–H groups in total. The number of likely N-dealkylation sites (tertiary alicyclic amines) is 1. The highest BCUT2D eigenvalue weighted by atomic mass is 35.5. The molecule has 124 valence electrons. The van der Waals surface area contributed by atoms with Crippen LogP contribution in [0.4, 0.5) is 0 Å². The Morgan fingerprint density at radius 3 is 2.74 bits per heavy atom. The maximum absolute atomic E-state index is 12.3. The lowest BCUT2D eigenvalue weighted by molar-refractivity contribution is -0.131. The van der Waals surface area contributed by atoms with Gasteiger partial charge in [0.2, 0.25) is 11.7 Å². The van der Waals surface area contributed by atoms with Crippen LogP contribution in [0.5, 0.6) is 0 Å². The zero-order valence-electron chi connectivity index (χ0n) is 13.1. The van der Waals surface area contributed by atoms with E-state index in [1.807, 2.05) is 35.2 Å². The van der Waals surface area contributed by atoms with Gasteiger partial charge in [-0.05, 0) is 23.6 Å². The molecule has 1 saturated heterocycles. The number of benzene rings is 1. The second-order valence-electron chi connectivity index (χ2n) is 6.09. The summed E-state index contributed by atoms with van der Waals surface area (Å²) in [6.45, 7) is 4.26. The summed E-state index contributed by atoms with van der Waals surface area (Å²) in [5, 5.41) is 12.2. The average Bonchev–Trinajstić information content (AvgIpc) is 3.16. The number of nitrogens with two attached hydrogens (primary N) is 1. The lowest BCUT2D eigenvalue weighted by atomic mass is 9.90. The van der Waals surface area contributed by atoms with Gasteiger partial charge in [-0.2, -0.15) is 4.80 Å². The molecule has 1 unspecified atom stereocenters. The third-order valence-electron chi connectivity index (χ3n) is 4.16. The lowest BCUT2D eigenvalue weighted by Crippen LogP contribution is -2.36. The molecule has 1 atom stereocenters. The molecule has 0 spiro atoms. The van der Waals surface area contributed by atoms with E-state index >= 15 is 0 Å². The number of hydrogen-bond acceptors (Lipinski definition) is 5. The SMILES string of the molecule is CC1(CN)CCN(C(=O)Cn2nnc(-c3ccccc3)n2)C1.Cl. The number of rotatable bonds is 4. The van der Waals surface area contributed by atoms with Crippen LogP contribution >= 0.6 is 12.4 Å². The van der Waals surface area contributed by atoms with Crippen molar-refractivity contribution in [2.24, 2.45) is 11.1 Å². The van der Waals surface area contributed by atoms with Gasteiger partial charge in [0.25, 0.3) is 0 Å². The van der Waals surface area contributed by atoms with Crippen molar-refractivity contribution in [3.63, 3.8) is 0 Å². The molecule has 7 nitrogen and oxygen atoms in total. The van der Waals surface area contributed by atoms with Crippen molar-refractivity contribution in [3.05, 3.63) is 30.3 Å². The molecule has 8 heteroatoms. The topological polar surface area (TPSA) is 89.9 Å². The second kappa shape index (κ2) is 7.06. The largest absolute Gasteiger partial charge is 0.340 e. The molecule has 2 heterocycles. The first kappa shape index (κ1) is 17.4. The van der Waals surface area contributed by atoms with Gasteiger partial charge in [0, 0.05) is 18.7 Å². The fraction of sp³-hybridized carbons (Fsp3) is 0.467. The highest BCUT2D eigenvalue weighted by molar-refractivity contribution is 5.85. The summed E-state index contributed by atoms with van der Waals surface area (Å²) in [6, 6.07) is 9.59. The second-order valence-corrected chi connectivity index (χ2v) is 6.09. The lowest BCUT2D eigenvalue weighted by Gasteiger charge is -2.22. The minimum absolute atomic E-state index is 0. The van der Waals surface area contributed by atoms with Crippen molar-refractivity contribution in [3.8, 4) is 11.4 Å². The van der Waals surface area contributed by atoms with Crippen LogP contribution in [0.2, 0.25) is 0 Å². The van der Waals surface area contributed by atoms with Crippen molar-refractivity contribution in [1.82, 2.24) is 25.1 Å². The number of tetrazole rings is 1. The van der Waals surface area contributed by atoms with Crippen LogP contribution in [-0.4, -0.2) is 50.6 Å². The highest BCUT2D eigenvalue weighted by Crippen LogP contribution is 2.28. The van der Waals surface area contributed by atoms with Gasteiger partial charge in [0.1, 0.15) is 6.54 Å². The molecular weight excluding hydrogens is 316 g/mol. The van der Waals surface area contributed by atoms with Crippen LogP contribution in [0.1, 0.15) is 13.3 Å². The number of carbonyl (C=O) groups excluding carboxylic acids is 1. The molecule has 1 aromatic carbocycles. The van der Waals surface area contributed by atoms with Crippen LogP contribution in [0.15, 0.2) is 30.3 Å². The zero-order valence-corrected chi connectivity index (χ0v) is 13.9. The summed E-state index contributed by atoms with van der Waals surface area (Å²) in [7, 11) is 0. The van der Waals surface area contributed by atoms with E-state index in [1.54, 1.807) is 0 Å². The first-order valence-corrected chi connectivity index (χ1v) is 7.41. The molecule has 1 aliphatic heterocycles. The smallest absolute Gasteiger partial charge is 0.246 e. The van der Waals surface area contributed by atoms with Crippen molar-refractivity contribution in [1.29, 1.82) is 0 Å². The summed E-state index contributed by atoms with van der Waals surface area (Å²) in [6.07, 6.45) is 0.940. The number of aromatic nitrogens is 4. The first-order valence-electron chi connectivity index (χ1n) is 7.41. The van der Waals surface area contributed by atoms with Crippen molar-refractivity contribution >= 4 is 18.3 Å². The summed E-state index contributed by atoms with van der Waals surface area (Å²) >= 11 is 0. The van der Waals surface area contributed by atoms with Gasteiger partial charge in [-0.1, -0.05) is 37.3 Å². The van der Waals surface area contributed by atoms with E-state index in [1.165, 1.54) is 4.80 Å². The van der Waals surface area contributed by atoms with Crippen LogP contribution in [0, 0.1) is 5.41 Å². The van der Waals surface area contributed by atoms with Crippen LogP contribution in [0.3, 0.4) is 0 Å². The standard InChI is InChI=1S/C15H20N6O.ClH/c1-15(10-16)7-8-20(11-15)13(22)9-21-18-14(17-19-21)12-5-3-2-4-6-12;/h2-6H,7-11,16H2,1H3;1H. The summed E-state index contributed by atoms with van der Waals surface area (Å²) in [5.74, 6) is 0.538. The molecule has 0 bridgehead atoms. The van der Waals surface area contributed by atoms with Gasteiger partial charge in [-0.25, -0.2) is 0 Å². The molecule has 1 aliphatic rings. The van der Waals surface area contributed by atoms with Gasteiger partial charge in [0.05, 0.1) is 0 Å². The van der Waals surface area contributed by atoms with Crippen LogP contribution in [-0.2, 0) is 11.3 Å². The number of halogens is 1. The molecule has 0 aliphatic carbocycles. The van der Waals surface area contributed by atoms with E-state index in [-0.39, 0.29) is 30.3 Å². The first-order chi connectivity index (χ1) is 10.6. The molecule has 2 aromatic rings. The van der Waals surface area contributed by atoms with E-state index in [0.717, 1.165) is 18.5 Å². The predicted octanol–water partition coefficient (Wildman–Crippen LogP) is 0.959. The fourth-order valence-corrected chi connectivity index (χ4v) is 2.64. The van der Waals surface area contributed by atoms with E-state index in [4.69, 9.17) is 5.73 Å². The van der Waals surface area contributed by atoms with Gasteiger partial charge < -0.3 is 10.6 Å². The number of amides is 1. The van der Waals surface area contributed by atoms with E-state index < -0.39 is 0 Å². The Morgan fingerprint density at radius 2 is 2.09 bits per heavy atom. The summed E-state index contributed by atoms with van der Waals surface area (Å²) in [5.41, 5.74) is 6.69. The molecule has 1 amide bonds. The number of carbonyl (C=O) groups is 1. The van der Waals surface area contributed by atoms with Gasteiger partial charge in [-0.15, -0.1) is 22.6 Å². The Balaban J connectivity index is 0.00000192. The average molecular weight is 337 g/mol. The maximum atomic E-state index is 12.3. The molecular formula is C15H21ClN6O. The maximum Gasteiger partial charge on any atom is 0.246 e. The summed E-state index contributed by atoms with van der Waals surface area (Å²) < 4.78 is 0. The Hall–Kier alpha value is -1.99. The molecule has 1 fully saturated rings.